The smallest absolute Gasteiger partial charge is 0.145 e. The van der Waals surface area contributed by atoms with Gasteiger partial charge in [0.05, 0.1) is 11.7 Å². The molecule has 0 spiro atoms. The summed E-state index contributed by atoms with van der Waals surface area (Å²) in [6.07, 6.45) is 3.76. The number of nitrogens with two attached hydrogens (primary N) is 1. The van der Waals surface area contributed by atoms with Crippen LogP contribution in [0.4, 0.5) is 5.69 Å². The highest BCUT2D eigenvalue weighted by Gasteiger charge is 2.08. The summed E-state index contributed by atoms with van der Waals surface area (Å²) in [4.78, 5) is 4.44. The van der Waals surface area contributed by atoms with Crippen molar-refractivity contribution in [1.29, 1.82) is 0 Å². The summed E-state index contributed by atoms with van der Waals surface area (Å²) in [5.74, 6) is 0.910. The van der Waals surface area contributed by atoms with Gasteiger partial charge in [-0.2, -0.15) is 0 Å². The van der Waals surface area contributed by atoms with Crippen LogP contribution >= 0.6 is 15.9 Å². The van der Waals surface area contributed by atoms with Crippen molar-refractivity contribution in [2.24, 2.45) is 0 Å². The van der Waals surface area contributed by atoms with Gasteiger partial charge < -0.3 is 5.73 Å². The Bertz CT molecular complexity index is 688. The highest BCUT2D eigenvalue weighted by molar-refractivity contribution is 9.10. The Kier molecular flexibility index (Phi) is 2.37. The maximum Gasteiger partial charge on any atom is 0.145 e. The third-order valence-electron chi connectivity index (χ3n) is 2.67. The molecule has 0 unspecified atom stereocenters. The van der Waals surface area contributed by atoms with E-state index in [9.17, 15) is 0 Å². The number of halogens is 1. The highest BCUT2D eigenvalue weighted by atomic mass is 79.9. The van der Waals surface area contributed by atoms with Gasteiger partial charge in [0, 0.05) is 21.9 Å². The Morgan fingerprint density at radius 1 is 1.18 bits per heavy atom. The van der Waals surface area contributed by atoms with E-state index in [4.69, 9.17) is 5.73 Å². The number of nitrogen functional groups attached to an aromatic ring is 1. The molecule has 4 heteroatoms. The molecule has 0 amide bonds. The Balaban J connectivity index is 2.29. The van der Waals surface area contributed by atoms with E-state index in [2.05, 4.69) is 20.9 Å². The molecule has 2 aromatic heterocycles. The number of nitrogens with zero attached hydrogens (tertiary/aromatic N) is 2. The van der Waals surface area contributed by atoms with Crippen LogP contribution in [0, 0.1) is 0 Å². The molecule has 2 heterocycles. The lowest BCUT2D eigenvalue weighted by atomic mass is 10.2. The maximum absolute atomic E-state index is 5.75. The van der Waals surface area contributed by atoms with Crippen molar-refractivity contribution in [2.45, 2.75) is 0 Å². The summed E-state index contributed by atoms with van der Waals surface area (Å²) in [6, 6.07) is 11.8. The lowest BCUT2D eigenvalue weighted by Gasteiger charge is -2.04. The summed E-state index contributed by atoms with van der Waals surface area (Å²) < 4.78 is 3.06. The minimum absolute atomic E-state index is 0.746. The summed E-state index contributed by atoms with van der Waals surface area (Å²) in [5.41, 5.74) is 8.56. The van der Waals surface area contributed by atoms with Crippen molar-refractivity contribution in [3.8, 4) is 11.4 Å². The zero-order valence-electron chi connectivity index (χ0n) is 8.97. The number of imidazole rings is 1. The molecule has 1 aromatic carbocycles. The molecule has 2 N–H and O–H groups in total. The molecule has 0 radical (unpaired) electrons. The summed E-state index contributed by atoms with van der Waals surface area (Å²) >= 11 is 3.54. The topological polar surface area (TPSA) is 43.3 Å². The highest BCUT2D eigenvalue weighted by Crippen LogP contribution is 2.27. The number of aromatic nitrogens is 2. The molecule has 0 saturated carbocycles. The summed E-state index contributed by atoms with van der Waals surface area (Å²) in [7, 11) is 0. The van der Waals surface area contributed by atoms with Crippen LogP contribution in [0.5, 0.6) is 0 Å². The standard InChI is InChI=1S/C13H10BrN3/c14-12-4-2-1-3-11(12)13-16-8-10-7-9(15)5-6-17(10)13/h1-8H,15H2. The van der Waals surface area contributed by atoms with Gasteiger partial charge >= 0.3 is 0 Å². The van der Waals surface area contributed by atoms with E-state index in [-0.39, 0.29) is 0 Å². The zero-order chi connectivity index (χ0) is 11.8. The normalized spacial score (nSPS) is 10.9. The third kappa shape index (κ3) is 1.70. The van der Waals surface area contributed by atoms with Gasteiger partial charge in [-0.3, -0.25) is 4.40 Å². The second kappa shape index (κ2) is 3.89. The summed E-state index contributed by atoms with van der Waals surface area (Å²) in [6.45, 7) is 0. The summed E-state index contributed by atoms with van der Waals surface area (Å²) in [5, 5.41) is 0. The number of pyridine rings is 1. The molecule has 3 rings (SSSR count). The van der Waals surface area contributed by atoms with Gasteiger partial charge in [0.15, 0.2) is 0 Å². The van der Waals surface area contributed by atoms with Gasteiger partial charge in [-0.15, -0.1) is 0 Å². The molecular weight excluding hydrogens is 278 g/mol. The van der Waals surface area contributed by atoms with Gasteiger partial charge in [0.1, 0.15) is 5.82 Å². The molecule has 17 heavy (non-hydrogen) atoms. The minimum atomic E-state index is 0.746. The average molecular weight is 288 g/mol. The Morgan fingerprint density at radius 2 is 2.00 bits per heavy atom. The van der Waals surface area contributed by atoms with Crippen LogP contribution in [0.3, 0.4) is 0 Å². The van der Waals surface area contributed by atoms with E-state index in [0.717, 1.165) is 27.1 Å². The number of anilines is 1. The number of fused-ring (bicyclic) bond motifs is 1. The molecule has 3 nitrogen and oxygen atoms in total. The monoisotopic (exact) mass is 287 g/mol. The van der Waals surface area contributed by atoms with Crippen molar-refractivity contribution < 1.29 is 0 Å². The molecule has 0 aliphatic carbocycles. The molecule has 0 fully saturated rings. The Morgan fingerprint density at radius 3 is 2.82 bits per heavy atom. The first-order chi connectivity index (χ1) is 8.25. The first-order valence-electron chi connectivity index (χ1n) is 5.23. The first kappa shape index (κ1) is 10.4. The van der Waals surface area contributed by atoms with Crippen molar-refractivity contribution in [3.63, 3.8) is 0 Å². The maximum atomic E-state index is 5.75. The minimum Gasteiger partial charge on any atom is -0.399 e. The van der Waals surface area contributed by atoms with Crippen LogP contribution in [0.1, 0.15) is 0 Å². The SMILES string of the molecule is Nc1ccn2c(-c3ccccc3Br)ncc2c1. The second-order valence-corrected chi connectivity index (χ2v) is 4.67. The fraction of sp³-hybridized carbons (Fsp3) is 0. The third-order valence-corrected chi connectivity index (χ3v) is 3.36. The molecule has 0 bridgehead atoms. The molecule has 0 saturated heterocycles. The fourth-order valence-electron chi connectivity index (χ4n) is 1.86. The van der Waals surface area contributed by atoms with Crippen molar-refractivity contribution in [1.82, 2.24) is 9.38 Å². The average Bonchev–Trinajstić information content (AvgIpc) is 2.72. The van der Waals surface area contributed by atoms with E-state index in [1.54, 1.807) is 0 Å². The van der Waals surface area contributed by atoms with Crippen LogP contribution in [0.15, 0.2) is 53.3 Å². The van der Waals surface area contributed by atoms with E-state index < -0.39 is 0 Å². The fourth-order valence-corrected chi connectivity index (χ4v) is 2.32. The molecule has 3 aromatic rings. The van der Waals surface area contributed by atoms with Gasteiger partial charge in [-0.25, -0.2) is 4.98 Å². The molecule has 84 valence electrons. The number of hydrogen-bond donors (Lipinski definition) is 1. The van der Waals surface area contributed by atoms with Gasteiger partial charge in [-0.05, 0) is 18.2 Å². The zero-order valence-corrected chi connectivity index (χ0v) is 10.6. The van der Waals surface area contributed by atoms with Crippen molar-refractivity contribution >= 4 is 27.1 Å². The predicted octanol–water partition coefficient (Wildman–Crippen LogP) is 3.35. The lowest BCUT2D eigenvalue weighted by molar-refractivity contribution is 1.16. The number of benzene rings is 1. The van der Waals surface area contributed by atoms with Crippen LogP contribution < -0.4 is 5.73 Å². The lowest BCUT2D eigenvalue weighted by Crippen LogP contribution is -1.91. The Labute approximate surface area is 107 Å². The molecule has 0 aliphatic heterocycles. The van der Waals surface area contributed by atoms with E-state index in [1.165, 1.54) is 0 Å². The second-order valence-electron chi connectivity index (χ2n) is 3.82. The quantitative estimate of drug-likeness (QED) is 0.746. The molecule has 0 atom stereocenters. The van der Waals surface area contributed by atoms with Gasteiger partial charge in [-0.1, -0.05) is 34.1 Å². The predicted molar refractivity (Wildman–Crippen MR) is 72.7 cm³/mol. The van der Waals surface area contributed by atoms with Crippen LogP contribution in [-0.4, -0.2) is 9.38 Å². The van der Waals surface area contributed by atoms with Crippen LogP contribution in [-0.2, 0) is 0 Å². The number of hydrogen-bond acceptors (Lipinski definition) is 2. The van der Waals surface area contributed by atoms with Crippen molar-refractivity contribution in [2.75, 3.05) is 5.73 Å². The first-order valence-corrected chi connectivity index (χ1v) is 6.02. The van der Waals surface area contributed by atoms with E-state index >= 15 is 0 Å². The largest absolute Gasteiger partial charge is 0.399 e. The Hall–Kier alpha value is -1.81. The van der Waals surface area contributed by atoms with Crippen LogP contribution in [0.25, 0.3) is 16.9 Å². The van der Waals surface area contributed by atoms with E-state index in [1.807, 2.05) is 53.2 Å². The van der Waals surface area contributed by atoms with E-state index in [0.29, 0.717) is 0 Å². The van der Waals surface area contributed by atoms with Crippen molar-refractivity contribution in [3.05, 3.63) is 53.3 Å². The van der Waals surface area contributed by atoms with Gasteiger partial charge in [0.2, 0.25) is 0 Å². The molecule has 0 aliphatic rings. The number of rotatable bonds is 1. The van der Waals surface area contributed by atoms with Crippen LogP contribution in [0.2, 0.25) is 0 Å². The molecular formula is C13H10BrN3. The van der Waals surface area contributed by atoms with Gasteiger partial charge in [0.25, 0.3) is 0 Å².